The molecule has 7 nitrogen and oxygen atoms in total. The lowest BCUT2D eigenvalue weighted by atomic mass is 9.98. The number of hydrogen-bond donors (Lipinski definition) is 3. The van der Waals surface area contributed by atoms with Crippen LogP contribution in [0.3, 0.4) is 0 Å². The zero-order valence-corrected chi connectivity index (χ0v) is 14.2. The van der Waals surface area contributed by atoms with E-state index in [1.807, 2.05) is 0 Å². The van der Waals surface area contributed by atoms with E-state index in [1.165, 1.54) is 30.6 Å². The summed E-state index contributed by atoms with van der Waals surface area (Å²) in [7, 11) is 0. The molecule has 3 fully saturated rings. The number of amides is 5. The van der Waals surface area contributed by atoms with Crippen LogP contribution in [0, 0.1) is 5.92 Å². The Morgan fingerprint density at radius 3 is 2.54 bits per heavy atom. The number of nitrogens with one attached hydrogen (secondary N) is 3. The fraction of sp³-hybridized carbons (Fsp3) is 0.824. The minimum Gasteiger partial charge on any atom is -0.338 e. The topological polar surface area (TPSA) is 90.5 Å². The fourth-order valence-electron chi connectivity index (χ4n) is 4.15. The first kappa shape index (κ1) is 17.0. The Balaban J connectivity index is 1.33. The second-order valence-electron chi connectivity index (χ2n) is 7.32. The van der Waals surface area contributed by atoms with Crippen LogP contribution in [-0.4, -0.2) is 48.0 Å². The molecular weight excluding hydrogens is 308 g/mol. The van der Waals surface area contributed by atoms with Gasteiger partial charge in [0, 0.05) is 19.6 Å². The van der Waals surface area contributed by atoms with Gasteiger partial charge in [0.05, 0.1) is 0 Å². The minimum atomic E-state index is -0.636. The molecule has 1 aliphatic heterocycles. The van der Waals surface area contributed by atoms with Crippen molar-refractivity contribution < 1.29 is 14.4 Å². The van der Waals surface area contributed by atoms with Crippen LogP contribution in [0.5, 0.6) is 0 Å². The Hall–Kier alpha value is -1.79. The molecule has 134 valence electrons. The highest BCUT2D eigenvalue weighted by molar-refractivity contribution is 6.07. The van der Waals surface area contributed by atoms with Gasteiger partial charge in [-0.1, -0.05) is 25.7 Å². The molecule has 3 rings (SSSR count). The van der Waals surface area contributed by atoms with Crippen LogP contribution in [0.2, 0.25) is 0 Å². The summed E-state index contributed by atoms with van der Waals surface area (Å²) < 4.78 is 0. The van der Waals surface area contributed by atoms with Crippen LogP contribution in [0.25, 0.3) is 0 Å². The highest BCUT2D eigenvalue weighted by Crippen LogP contribution is 2.34. The van der Waals surface area contributed by atoms with Gasteiger partial charge in [0.15, 0.2) is 0 Å². The fourth-order valence-corrected chi connectivity index (χ4v) is 4.15. The van der Waals surface area contributed by atoms with Gasteiger partial charge in [0.1, 0.15) is 5.54 Å². The van der Waals surface area contributed by atoms with Crippen LogP contribution in [0.15, 0.2) is 0 Å². The molecule has 0 atom stereocenters. The second kappa shape index (κ2) is 7.40. The van der Waals surface area contributed by atoms with Crippen molar-refractivity contribution in [3.8, 4) is 0 Å². The van der Waals surface area contributed by atoms with Crippen molar-refractivity contribution in [2.45, 2.75) is 63.3 Å². The van der Waals surface area contributed by atoms with E-state index in [0.29, 0.717) is 25.4 Å². The van der Waals surface area contributed by atoms with Crippen molar-refractivity contribution >= 4 is 18.0 Å². The number of carbonyl (C=O) groups excluding carboxylic acids is 3. The Bertz CT molecular complexity index is 496. The molecule has 0 aromatic heterocycles. The molecule has 0 aromatic rings. The number of urea groups is 2. The van der Waals surface area contributed by atoms with Gasteiger partial charge >= 0.3 is 12.1 Å². The van der Waals surface area contributed by atoms with E-state index in [0.717, 1.165) is 32.2 Å². The molecule has 0 aromatic carbocycles. The zero-order chi connectivity index (χ0) is 17.0. The third kappa shape index (κ3) is 3.65. The number of hydrogen-bond acceptors (Lipinski definition) is 3. The zero-order valence-electron chi connectivity index (χ0n) is 14.2. The van der Waals surface area contributed by atoms with E-state index in [-0.39, 0.29) is 18.0 Å². The van der Waals surface area contributed by atoms with Crippen LogP contribution in [0.4, 0.5) is 9.59 Å². The standard InChI is InChI=1S/C17H28N4O3/c22-14-17(8-3-4-9-17)20-16(24)21(14)11-5-10-18-15(23)19-12-13-6-1-2-7-13/h13H,1-12H2,(H,20,24)(H2,18,19,23). The summed E-state index contributed by atoms with van der Waals surface area (Å²) in [5.41, 5.74) is -0.636. The monoisotopic (exact) mass is 336 g/mol. The van der Waals surface area contributed by atoms with Crippen molar-refractivity contribution in [3.05, 3.63) is 0 Å². The molecular formula is C17H28N4O3. The summed E-state index contributed by atoms with van der Waals surface area (Å²) in [4.78, 5) is 37.5. The molecule has 0 radical (unpaired) electrons. The molecule has 1 heterocycles. The van der Waals surface area contributed by atoms with E-state index in [1.54, 1.807) is 0 Å². The van der Waals surface area contributed by atoms with Crippen molar-refractivity contribution in [2.75, 3.05) is 19.6 Å². The van der Waals surface area contributed by atoms with E-state index >= 15 is 0 Å². The maximum atomic E-state index is 12.5. The SMILES string of the molecule is O=C(NCCCN1C(=O)NC2(CCCC2)C1=O)NCC1CCCC1. The largest absolute Gasteiger partial charge is 0.338 e. The van der Waals surface area contributed by atoms with Crippen molar-refractivity contribution in [1.29, 1.82) is 0 Å². The first-order valence-corrected chi connectivity index (χ1v) is 9.26. The van der Waals surface area contributed by atoms with Gasteiger partial charge in [0.25, 0.3) is 5.91 Å². The Labute approximate surface area is 142 Å². The second-order valence-corrected chi connectivity index (χ2v) is 7.32. The summed E-state index contributed by atoms with van der Waals surface area (Å²) in [6.07, 6.45) is 8.98. The third-order valence-electron chi connectivity index (χ3n) is 5.57. The van der Waals surface area contributed by atoms with Gasteiger partial charge in [-0.05, 0) is 38.0 Å². The summed E-state index contributed by atoms with van der Waals surface area (Å²) in [6, 6.07) is -0.445. The number of carbonyl (C=O) groups is 3. The van der Waals surface area contributed by atoms with Gasteiger partial charge < -0.3 is 16.0 Å². The molecule has 5 amide bonds. The molecule has 1 saturated heterocycles. The summed E-state index contributed by atoms with van der Waals surface area (Å²) >= 11 is 0. The normalized spacial score (nSPS) is 23.1. The summed E-state index contributed by atoms with van der Waals surface area (Å²) in [5.74, 6) is 0.528. The number of imide groups is 1. The molecule has 2 aliphatic carbocycles. The van der Waals surface area contributed by atoms with Gasteiger partial charge in [-0.3, -0.25) is 9.69 Å². The van der Waals surface area contributed by atoms with Crippen LogP contribution >= 0.6 is 0 Å². The average molecular weight is 336 g/mol. The summed E-state index contributed by atoms with van der Waals surface area (Å²) in [6.45, 7) is 1.55. The first-order valence-electron chi connectivity index (χ1n) is 9.26. The lowest BCUT2D eigenvalue weighted by Gasteiger charge is -2.20. The van der Waals surface area contributed by atoms with Crippen LogP contribution in [-0.2, 0) is 4.79 Å². The Kier molecular flexibility index (Phi) is 5.26. The van der Waals surface area contributed by atoms with Gasteiger partial charge in [0.2, 0.25) is 0 Å². The highest BCUT2D eigenvalue weighted by atomic mass is 16.2. The molecule has 3 aliphatic rings. The lowest BCUT2D eigenvalue weighted by molar-refractivity contribution is -0.131. The third-order valence-corrected chi connectivity index (χ3v) is 5.57. The molecule has 2 saturated carbocycles. The lowest BCUT2D eigenvalue weighted by Crippen LogP contribution is -2.44. The smallest absolute Gasteiger partial charge is 0.325 e. The van der Waals surface area contributed by atoms with Crippen LogP contribution in [0.1, 0.15) is 57.8 Å². The van der Waals surface area contributed by atoms with Crippen LogP contribution < -0.4 is 16.0 Å². The Morgan fingerprint density at radius 2 is 1.83 bits per heavy atom. The van der Waals surface area contributed by atoms with Gasteiger partial charge in [-0.2, -0.15) is 0 Å². The molecule has 24 heavy (non-hydrogen) atoms. The average Bonchev–Trinajstić information content (AvgIpc) is 3.28. The maximum absolute atomic E-state index is 12.5. The van der Waals surface area contributed by atoms with E-state index < -0.39 is 5.54 Å². The molecule has 3 N–H and O–H groups in total. The molecule has 0 unspecified atom stereocenters. The maximum Gasteiger partial charge on any atom is 0.325 e. The molecule has 7 heteroatoms. The van der Waals surface area contributed by atoms with E-state index in [2.05, 4.69) is 16.0 Å². The molecule has 1 spiro atoms. The predicted octanol–water partition coefficient (Wildman–Crippen LogP) is 1.73. The van der Waals surface area contributed by atoms with Crippen molar-refractivity contribution in [3.63, 3.8) is 0 Å². The van der Waals surface area contributed by atoms with Crippen molar-refractivity contribution in [2.24, 2.45) is 5.92 Å². The summed E-state index contributed by atoms with van der Waals surface area (Å²) in [5, 5.41) is 8.57. The van der Waals surface area contributed by atoms with Gasteiger partial charge in [-0.25, -0.2) is 9.59 Å². The number of nitrogens with zero attached hydrogens (tertiary/aromatic N) is 1. The first-order chi connectivity index (χ1) is 11.6. The predicted molar refractivity (Wildman–Crippen MR) is 89.4 cm³/mol. The van der Waals surface area contributed by atoms with E-state index in [9.17, 15) is 14.4 Å². The molecule has 0 bridgehead atoms. The van der Waals surface area contributed by atoms with Gasteiger partial charge in [-0.15, -0.1) is 0 Å². The van der Waals surface area contributed by atoms with Crippen molar-refractivity contribution in [1.82, 2.24) is 20.9 Å². The number of rotatable bonds is 6. The minimum absolute atomic E-state index is 0.0873. The quantitative estimate of drug-likeness (QED) is 0.510. The highest BCUT2D eigenvalue weighted by Gasteiger charge is 2.51. The van der Waals surface area contributed by atoms with E-state index in [4.69, 9.17) is 0 Å². The Morgan fingerprint density at radius 1 is 1.12 bits per heavy atom.